The Kier molecular flexibility index (Phi) is 3.82. The van der Waals surface area contributed by atoms with Crippen LogP contribution in [0.4, 0.5) is 0 Å². The highest BCUT2D eigenvalue weighted by Gasteiger charge is 2.26. The number of hydrogen-bond acceptors (Lipinski definition) is 6. The molecule has 0 radical (unpaired) electrons. The van der Waals surface area contributed by atoms with Crippen molar-refractivity contribution in [1.82, 2.24) is 20.4 Å². The summed E-state index contributed by atoms with van der Waals surface area (Å²) >= 11 is 0. The molecule has 1 saturated heterocycles. The molecule has 0 amide bonds. The molecule has 114 valence electrons. The molecule has 0 spiro atoms. The number of furan rings is 1. The Morgan fingerprint density at radius 2 is 1.90 bits per heavy atom. The van der Waals surface area contributed by atoms with Crippen molar-refractivity contribution in [2.24, 2.45) is 0 Å². The van der Waals surface area contributed by atoms with Gasteiger partial charge in [0, 0.05) is 25.2 Å². The fraction of sp³-hybridized carbons (Fsp3) is 0.600. The van der Waals surface area contributed by atoms with Crippen LogP contribution in [0.3, 0.4) is 0 Å². The summed E-state index contributed by atoms with van der Waals surface area (Å²) < 4.78 is 11.3. The van der Waals surface area contributed by atoms with Crippen molar-refractivity contribution in [3.05, 3.63) is 23.5 Å². The molecule has 0 bridgehead atoms. The smallest absolute Gasteiger partial charge is 0.251 e. The number of rotatable bonds is 3. The van der Waals surface area contributed by atoms with Crippen LogP contribution < -0.4 is 5.32 Å². The fourth-order valence-corrected chi connectivity index (χ4v) is 2.91. The summed E-state index contributed by atoms with van der Waals surface area (Å²) in [5, 5.41) is 11.8. The molecule has 21 heavy (non-hydrogen) atoms. The van der Waals surface area contributed by atoms with E-state index in [0.29, 0.717) is 30.4 Å². The topological polar surface area (TPSA) is 67.3 Å². The maximum Gasteiger partial charge on any atom is 0.251 e. The highest BCUT2D eigenvalue weighted by atomic mass is 16.4. The fourth-order valence-electron chi connectivity index (χ4n) is 2.91. The van der Waals surface area contributed by atoms with Crippen LogP contribution in [0, 0.1) is 13.8 Å². The maximum absolute atomic E-state index is 5.82. The van der Waals surface area contributed by atoms with E-state index >= 15 is 0 Å². The minimum absolute atomic E-state index is 0.460. The van der Waals surface area contributed by atoms with E-state index < -0.39 is 0 Å². The quantitative estimate of drug-likeness (QED) is 0.934. The predicted octanol–water partition coefficient (Wildman–Crippen LogP) is 2.13. The van der Waals surface area contributed by atoms with Crippen LogP contribution in [0.1, 0.15) is 31.3 Å². The predicted molar refractivity (Wildman–Crippen MR) is 78.8 cm³/mol. The molecule has 3 rings (SSSR count). The minimum Gasteiger partial charge on any atom is -0.466 e. The summed E-state index contributed by atoms with van der Waals surface area (Å²) in [5.41, 5.74) is 0.882. The van der Waals surface area contributed by atoms with Crippen molar-refractivity contribution in [1.29, 1.82) is 0 Å². The lowest BCUT2D eigenvalue weighted by Crippen LogP contribution is -2.54. The molecule has 1 N–H and O–H groups in total. The van der Waals surface area contributed by atoms with Crippen molar-refractivity contribution < 1.29 is 8.83 Å². The van der Waals surface area contributed by atoms with Crippen LogP contribution in [0.2, 0.25) is 0 Å². The second kappa shape index (κ2) is 5.61. The average molecular weight is 290 g/mol. The molecule has 1 aliphatic heterocycles. The van der Waals surface area contributed by atoms with E-state index in [-0.39, 0.29) is 0 Å². The highest BCUT2D eigenvalue weighted by Crippen LogP contribution is 2.26. The average Bonchev–Trinajstić information content (AvgIpc) is 3.00. The molecule has 6 heteroatoms. The van der Waals surface area contributed by atoms with Crippen molar-refractivity contribution in [3.8, 4) is 11.5 Å². The number of nitrogens with one attached hydrogen (secondary N) is 1. The molecule has 6 nitrogen and oxygen atoms in total. The van der Waals surface area contributed by atoms with Crippen LogP contribution >= 0.6 is 0 Å². The first-order valence-corrected chi connectivity index (χ1v) is 7.41. The van der Waals surface area contributed by atoms with Gasteiger partial charge in [0.25, 0.3) is 5.89 Å². The van der Waals surface area contributed by atoms with E-state index in [0.717, 1.165) is 30.2 Å². The molecule has 0 aliphatic carbocycles. The molecular weight excluding hydrogens is 268 g/mol. The maximum atomic E-state index is 5.82. The Labute approximate surface area is 124 Å². The molecule has 2 aromatic rings. The molecule has 2 aromatic heterocycles. The second-order valence-corrected chi connectivity index (χ2v) is 5.86. The van der Waals surface area contributed by atoms with Crippen LogP contribution in [-0.2, 0) is 6.54 Å². The second-order valence-electron chi connectivity index (χ2n) is 5.86. The van der Waals surface area contributed by atoms with Gasteiger partial charge in [-0.3, -0.25) is 4.90 Å². The number of aryl methyl sites for hydroxylation is 2. The van der Waals surface area contributed by atoms with E-state index in [9.17, 15) is 0 Å². The SMILES string of the molecule is Cc1cc(-c2nnc(CN3C(C)CNCC3C)o2)c(C)o1. The molecular formula is C15H22N4O2. The Morgan fingerprint density at radius 1 is 1.19 bits per heavy atom. The summed E-state index contributed by atoms with van der Waals surface area (Å²) in [5.74, 6) is 2.86. The van der Waals surface area contributed by atoms with Gasteiger partial charge in [0.05, 0.1) is 12.1 Å². The van der Waals surface area contributed by atoms with Gasteiger partial charge in [-0.1, -0.05) is 0 Å². The highest BCUT2D eigenvalue weighted by molar-refractivity contribution is 5.55. The third kappa shape index (κ3) is 2.87. The van der Waals surface area contributed by atoms with Gasteiger partial charge in [-0.25, -0.2) is 0 Å². The Bertz CT molecular complexity index is 609. The zero-order valence-electron chi connectivity index (χ0n) is 13.0. The van der Waals surface area contributed by atoms with Gasteiger partial charge in [-0.15, -0.1) is 10.2 Å². The van der Waals surface area contributed by atoms with Crippen molar-refractivity contribution in [2.45, 2.75) is 46.3 Å². The van der Waals surface area contributed by atoms with Crippen LogP contribution in [-0.4, -0.2) is 40.3 Å². The third-order valence-electron chi connectivity index (χ3n) is 4.07. The van der Waals surface area contributed by atoms with E-state index in [1.165, 1.54) is 0 Å². The van der Waals surface area contributed by atoms with Gasteiger partial charge in [-0.05, 0) is 33.8 Å². The molecule has 1 fully saturated rings. The zero-order valence-corrected chi connectivity index (χ0v) is 13.0. The Balaban J connectivity index is 1.77. The number of aromatic nitrogens is 2. The van der Waals surface area contributed by atoms with E-state index in [4.69, 9.17) is 8.83 Å². The number of nitrogens with zero attached hydrogens (tertiary/aromatic N) is 3. The van der Waals surface area contributed by atoms with E-state index in [1.807, 2.05) is 19.9 Å². The van der Waals surface area contributed by atoms with Crippen LogP contribution in [0.5, 0.6) is 0 Å². The normalized spacial score (nSPS) is 23.6. The Hall–Kier alpha value is -1.66. The first-order valence-electron chi connectivity index (χ1n) is 7.41. The Morgan fingerprint density at radius 3 is 2.52 bits per heavy atom. The summed E-state index contributed by atoms with van der Waals surface area (Å²) in [6.07, 6.45) is 0. The van der Waals surface area contributed by atoms with Crippen molar-refractivity contribution >= 4 is 0 Å². The van der Waals surface area contributed by atoms with Crippen molar-refractivity contribution in [2.75, 3.05) is 13.1 Å². The molecule has 0 saturated carbocycles. The van der Waals surface area contributed by atoms with Crippen molar-refractivity contribution in [3.63, 3.8) is 0 Å². The molecule has 1 aliphatic rings. The first-order chi connectivity index (χ1) is 10.0. The third-order valence-corrected chi connectivity index (χ3v) is 4.07. The lowest BCUT2D eigenvalue weighted by Gasteiger charge is -2.38. The van der Waals surface area contributed by atoms with Crippen LogP contribution in [0.15, 0.2) is 14.9 Å². The number of piperazine rings is 1. The largest absolute Gasteiger partial charge is 0.466 e. The summed E-state index contributed by atoms with van der Waals surface area (Å²) in [6.45, 7) is 10.9. The minimum atomic E-state index is 0.460. The zero-order chi connectivity index (χ0) is 15.0. The van der Waals surface area contributed by atoms with E-state index in [2.05, 4.69) is 34.3 Å². The standard InChI is InChI=1S/C15H22N4O2/c1-9-6-16-7-10(2)19(9)8-14-17-18-15(21-14)13-5-11(3)20-12(13)4/h5,9-10,16H,6-8H2,1-4H3. The van der Waals surface area contributed by atoms with Gasteiger partial charge < -0.3 is 14.2 Å². The lowest BCUT2D eigenvalue weighted by atomic mass is 10.1. The molecule has 3 heterocycles. The number of hydrogen-bond donors (Lipinski definition) is 1. The molecule has 2 unspecified atom stereocenters. The summed E-state index contributed by atoms with van der Waals surface area (Å²) in [7, 11) is 0. The van der Waals surface area contributed by atoms with E-state index in [1.54, 1.807) is 0 Å². The first kappa shape index (κ1) is 14.3. The molecule has 2 atom stereocenters. The monoisotopic (exact) mass is 290 g/mol. The lowest BCUT2D eigenvalue weighted by molar-refractivity contribution is 0.0979. The van der Waals surface area contributed by atoms with Gasteiger partial charge >= 0.3 is 0 Å². The summed E-state index contributed by atoms with van der Waals surface area (Å²) in [6, 6.07) is 2.85. The van der Waals surface area contributed by atoms with Crippen LogP contribution in [0.25, 0.3) is 11.5 Å². The summed E-state index contributed by atoms with van der Waals surface area (Å²) in [4.78, 5) is 2.39. The van der Waals surface area contributed by atoms with Gasteiger partial charge in [-0.2, -0.15) is 0 Å². The van der Waals surface area contributed by atoms with Gasteiger partial charge in [0.1, 0.15) is 11.5 Å². The molecule has 0 aromatic carbocycles. The van der Waals surface area contributed by atoms with Gasteiger partial charge in [0.15, 0.2) is 0 Å². The van der Waals surface area contributed by atoms with Gasteiger partial charge in [0.2, 0.25) is 5.89 Å².